The smallest absolute Gasteiger partial charge is 0.289 e. The number of hydrogen-bond acceptors (Lipinski definition) is 3. The maximum atomic E-state index is 12.8. The van der Waals surface area contributed by atoms with Gasteiger partial charge in [0.05, 0.1) is 5.39 Å². The van der Waals surface area contributed by atoms with Gasteiger partial charge in [-0.3, -0.25) is 9.59 Å². The SMILES string of the molecule is CC(C)(C)C[C@@H]1CCCN1C(=O)c1cc(=O)c2ccccc2o1. The van der Waals surface area contributed by atoms with Crippen molar-refractivity contribution in [3.05, 3.63) is 46.3 Å². The molecule has 3 rings (SSSR count). The van der Waals surface area contributed by atoms with Crippen molar-refractivity contribution in [2.75, 3.05) is 6.54 Å². The number of carbonyl (C=O) groups excluding carboxylic acids is 1. The van der Waals surface area contributed by atoms with E-state index >= 15 is 0 Å². The highest BCUT2D eigenvalue weighted by atomic mass is 16.3. The van der Waals surface area contributed by atoms with Crippen molar-refractivity contribution in [3.8, 4) is 0 Å². The standard InChI is InChI=1S/C19H23NO3/c1-19(2,3)12-13-7-6-10-20(13)18(22)17-11-15(21)14-8-4-5-9-16(14)23-17/h4-5,8-9,11,13H,6-7,10,12H2,1-3H3/t13-/m0/s1. The minimum absolute atomic E-state index is 0.148. The van der Waals surface area contributed by atoms with Gasteiger partial charge in [0.2, 0.25) is 0 Å². The Labute approximate surface area is 136 Å². The highest BCUT2D eigenvalue weighted by Gasteiger charge is 2.33. The molecule has 1 aliphatic heterocycles. The molecule has 122 valence electrons. The van der Waals surface area contributed by atoms with E-state index in [4.69, 9.17) is 4.42 Å². The fraction of sp³-hybridized carbons (Fsp3) is 0.474. The molecule has 0 radical (unpaired) electrons. The summed E-state index contributed by atoms with van der Waals surface area (Å²) in [6.45, 7) is 7.29. The van der Waals surface area contributed by atoms with Crippen LogP contribution in [-0.4, -0.2) is 23.4 Å². The summed E-state index contributed by atoms with van der Waals surface area (Å²) < 4.78 is 5.70. The van der Waals surface area contributed by atoms with Gasteiger partial charge in [-0.25, -0.2) is 0 Å². The van der Waals surface area contributed by atoms with E-state index in [1.54, 1.807) is 24.3 Å². The van der Waals surface area contributed by atoms with Crippen LogP contribution in [0, 0.1) is 5.41 Å². The van der Waals surface area contributed by atoms with E-state index in [0.29, 0.717) is 11.0 Å². The second-order valence-corrected chi connectivity index (χ2v) is 7.53. The average molecular weight is 313 g/mol. The normalized spacial score (nSPS) is 18.6. The third-order valence-electron chi connectivity index (χ3n) is 4.33. The monoisotopic (exact) mass is 313 g/mol. The van der Waals surface area contributed by atoms with Crippen LogP contribution in [0.1, 0.15) is 50.6 Å². The number of benzene rings is 1. The number of likely N-dealkylation sites (tertiary alicyclic amines) is 1. The Morgan fingerprint density at radius 2 is 2.04 bits per heavy atom. The van der Waals surface area contributed by atoms with Gasteiger partial charge >= 0.3 is 0 Å². The van der Waals surface area contributed by atoms with Gasteiger partial charge in [-0.2, -0.15) is 0 Å². The fourth-order valence-electron chi connectivity index (χ4n) is 3.37. The Kier molecular flexibility index (Phi) is 4.00. The molecule has 1 amide bonds. The van der Waals surface area contributed by atoms with E-state index in [2.05, 4.69) is 20.8 Å². The molecule has 0 spiro atoms. The zero-order valence-electron chi connectivity index (χ0n) is 14.0. The van der Waals surface area contributed by atoms with E-state index < -0.39 is 0 Å². The van der Waals surface area contributed by atoms with Crippen LogP contribution in [0.2, 0.25) is 0 Å². The summed E-state index contributed by atoms with van der Waals surface area (Å²) in [4.78, 5) is 26.9. The molecule has 0 aliphatic carbocycles. The van der Waals surface area contributed by atoms with Crippen LogP contribution in [-0.2, 0) is 0 Å². The molecule has 4 heteroatoms. The number of rotatable bonds is 2. The predicted octanol–water partition coefficient (Wildman–Crippen LogP) is 3.83. The lowest BCUT2D eigenvalue weighted by Gasteiger charge is -2.30. The number of carbonyl (C=O) groups is 1. The molecule has 1 aromatic heterocycles. The van der Waals surface area contributed by atoms with Gasteiger partial charge in [0.15, 0.2) is 11.2 Å². The molecule has 2 aromatic rings. The average Bonchev–Trinajstić information content (AvgIpc) is 2.92. The first kappa shape index (κ1) is 15.8. The topological polar surface area (TPSA) is 50.5 Å². The van der Waals surface area contributed by atoms with E-state index in [0.717, 1.165) is 25.8 Å². The molecule has 4 nitrogen and oxygen atoms in total. The predicted molar refractivity (Wildman–Crippen MR) is 90.6 cm³/mol. The molecule has 1 fully saturated rings. The van der Waals surface area contributed by atoms with Gasteiger partial charge < -0.3 is 9.32 Å². The van der Waals surface area contributed by atoms with Crippen LogP contribution in [0.25, 0.3) is 11.0 Å². The third kappa shape index (κ3) is 3.31. The van der Waals surface area contributed by atoms with Crippen molar-refractivity contribution in [1.82, 2.24) is 4.90 Å². The lowest BCUT2D eigenvalue weighted by Crippen LogP contribution is -2.38. The van der Waals surface area contributed by atoms with E-state index in [-0.39, 0.29) is 28.6 Å². The summed E-state index contributed by atoms with van der Waals surface area (Å²) in [5, 5.41) is 0.511. The molecule has 0 unspecified atom stereocenters. The van der Waals surface area contributed by atoms with Crippen LogP contribution < -0.4 is 5.43 Å². The van der Waals surface area contributed by atoms with Gasteiger partial charge in [0.1, 0.15) is 5.58 Å². The van der Waals surface area contributed by atoms with Crippen molar-refractivity contribution in [2.24, 2.45) is 5.41 Å². The van der Waals surface area contributed by atoms with E-state index in [1.165, 1.54) is 6.07 Å². The largest absolute Gasteiger partial charge is 0.451 e. The zero-order chi connectivity index (χ0) is 16.6. The minimum Gasteiger partial charge on any atom is -0.451 e. The van der Waals surface area contributed by atoms with Crippen molar-refractivity contribution in [1.29, 1.82) is 0 Å². The molecular weight excluding hydrogens is 290 g/mol. The molecule has 1 aliphatic rings. The second-order valence-electron chi connectivity index (χ2n) is 7.53. The number of hydrogen-bond donors (Lipinski definition) is 0. The van der Waals surface area contributed by atoms with Gasteiger partial charge in [-0.1, -0.05) is 32.9 Å². The number of fused-ring (bicyclic) bond motifs is 1. The molecular formula is C19H23NO3. The molecule has 1 saturated heterocycles. The van der Waals surface area contributed by atoms with Crippen LogP contribution in [0.3, 0.4) is 0 Å². The van der Waals surface area contributed by atoms with Gasteiger partial charge in [0, 0.05) is 18.7 Å². The van der Waals surface area contributed by atoms with Crippen molar-refractivity contribution >= 4 is 16.9 Å². The van der Waals surface area contributed by atoms with E-state index in [9.17, 15) is 9.59 Å². The van der Waals surface area contributed by atoms with Crippen molar-refractivity contribution in [3.63, 3.8) is 0 Å². The van der Waals surface area contributed by atoms with Gasteiger partial charge in [-0.05, 0) is 36.8 Å². The molecule has 1 atom stereocenters. The summed E-state index contributed by atoms with van der Waals surface area (Å²) in [6, 6.07) is 8.59. The molecule has 23 heavy (non-hydrogen) atoms. The Balaban J connectivity index is 1.92. The van der Waals surface area contributed by atoms with Crippen LogP contribution in [0.5, 0.6) is 0 Å². The second kappa shape index (κ2) is 5.84. The number of nitrogens with zero attached hydrogens (tertiary/aromatic N) is 1. The maximum absolute atomic E-state index is 12.8. The molecule has 2 heterocycles. The summed E-state index contributed by atoms with van der Waals surface area (Å²) in [7, 11) is 0. The first-order valence-electron chi connectivity index (χ1n) is 8.19. The van der Waals surface area contributed by atoms with Gasteiger partial charge in [-0.15, -0.1) is 0 Å². The molecule has 0 bridgehead atoms. The first-order chi connectivity index (χ1) is 10.8. The summed E-state index contributed by atoms with van der Waals surface area (Å²) in [5.74, 6) is -0.0193. The van der Waals surface area contributed by atoms with Crippen LogP contribution in [0.4, 0.5) is 0 Å². The van der Waals surface area contributed by atoms with Crippen LogP contribution in [0.15, 0.2) is 39.5 Å². The van der Waals surface area contributed by atoms with Crippen molar-refractivity contribution < 1.29 is 9.21 Å². The highest BCUT2D eigenvalue weighted by Crippen LogP contribution is 2.31. The summed E-state index contributed by atoms with van der Waals surface area (Å²) in [5.41, 5.74) is 0.467. The van der Waals surface area contributed by atoms with E-state index in [1.807, 2.05) is 4.90 Å². The number of para-hydroxylation sites is 1. The summed E-state index contributed by atoms with van der Waals surface area (Å²) in [6.07, 6.45) is 2.97. The van der Waals surface area contributed by atoms with Crippen LogP contribution >= 0.6 is 0 Å². The Bertz CT molecular complexity index is 785. The third-order valence-corrected chi connectivity index (χ3v) is 4.33. The summed E-state index contributed by atoms with van der Waals surface area (Å²) >= 11 is 0. The molecule has 0 N–H and O–H groups in total. The quantitative estimate of drug-likeness (QED) is 0.846. The zero-order valence-corrected chi connectivity index (χ0v) is 14.0. The Morgan fingerprint density at radius 1 is 1.30 bits per heavy atom. The Hall–Kier alpha value is -2.10. The lowest BCUT2D eigenvalue weighted by molar-refractivity contribution is 0.0672. The number of amides is 1. The van der Waals surface area contributed by atoms with Gasteiger partial charge in [0.25, 0.3) is 5.91 Å². The molecule has 0 saturated carbocycles. The molecule has 1 aromatic carbocycles. The maximum Gasteiger partial charge on any atom is 0.289 e. The minimum atomic E-state index is -0.167. The fourth-order valence-corrected chi connectivity index (χ4v) is 3.37. The first-order valence-corrected chi connectivity index (χ1v) is 8.19. The Morgan fingerprint density at radius 3 is 2.78 bits per heavy atom. The highest BCUT2D eigenvalue weighted by molar-refractivity contribution is 5.93. The lowest BCUT2D eigenvalue weighted by atomic mass is 9.87. The van der Waals surface area contributed by atoms with Crippen molar-refractivity contribution in [2.45, 2.75) is 46.1 Å².